The van der Waals surface area contributed by atoms with Gasteiger partial charge in [0.15, 0.2) is 11.5 Å². The summed E-state index contributed by atoms with van der Waals surface area (Å²) in [6.45, 7) is -2.85. The SMILES string of the molecule is COc1ccc(CS)cc1OC(F)F. The maximum atomic E-state index is 12.0. The van der Waals surface area contributed by atoms with E-state index < -0.39 is 6.61 Å². The largest absolute Gasteiger partial charge is 0.493 e. The van der Waals surface area contributed by atoms with Gasteiger partial charge in [0.1, 0.15) is 0 Å². The maximum Gasteiger partial charge on any atom is 0.387 e. The van der Waals surface area contributed by atoms with Crippen molar-refractivity contribution in [1.29, 1.82) is 0 Å². The van der Waals surface area contributed by atoms with Gasteiger partial charge in [-0.05, 0) is 17.7 Å². The minimum atomic E-state index is -2.85. The number of ether oxygens (including phenoxy) is 2. The topological polar surface area (TPSA) is 18.5 Å². The van der Waals surface area contributed by atoms with Gasteiger partial charge in [-0.2, -0.15) is 21.4 Å². The second kappa shape index (κ2) is 5.05. The summed E-state index contributed by atoms with van der Waals surface area (Å²) in [6, 6.07) is 4.80. The Morgan fingerprint density at radius 1 is 1.36 bits per heavy atom. The van der Waals surface area contributed by atoms with Crippen LogP contribution < -0.4 is 9.47 Å². The van der Waals surface area contributed by atoms with E-state index in [0.717, 1.165) is 5.56 Å². The van der Waals surface area contributed by atoms with Gasteiger partial charge in [0.2, 0.25) is 0 Å². The van der Waals surface area contributed by atoms with Gasteiger partial charge in [-0.3, -0.25) is 0 Å². The Morgan fingerprint density at radius 2 is 2.07 bits per heavy atom. The summed E-state index contributed by atoms with van der Waals surface area (Å²) in [4.78, 5) is 0. The molecule has 0 unspecified atom stereocenters. The van der Waals surface area contributed by atoms with E-state index in [1.165, 1.54) is 13.2 Å². The van der Waals surface area contributed by atoms with E-state index in [1.54, 1.807) is 12.1 Å². The normalized spacial score (nSPS) is 10.4. The molecule has 0 saturated carbocycles. The van der Waals surface area contributed by atoms with Crippen molar-refractivity contribution in [1.82, 2.24) is 0 Å². The minimum absolute atomic E-state index is 0.0362. The van der Waals surface area contributed by atoms with Crippen LogP contribution in [0.15, 0.2) is 18.2 Å². The van der Waals surface area contributed by atoms with Crippen molar-refractivity contribution in [2.45, 2.75) is 12.4 Å². The molecule has 0 heterocycles. The summed E-state index contributed by atoms with van der Waals surface area (Å²) < 4.78 is 33.1. The number of rotatable bonds is 4. The lowest BCUT2D eigenvalue weighted by Gasteiger charge is -2.10. The molecule has 78 valence electrons. The Labute approximate surface area is 86.2 Å². The first-order valence-corrected chi connectivity index (χ1v) is 4.53. The summed E-state index contributed by atoms with van der Waals surface area (Å²) in [5.41, 5.74) is 0.796. The molecule has 1 rings (SSSR count). The standard InChI is InChI=1S/C9H10F2O2S/c1-12-7-3-2-6(5-14)4-8(7)13-9(10)11/h2-4,9,14H,5H2,1H3. The average molecular weight is 220 g/mol. The number of alkyl halides is 2. The van der Waals surface area contributed by atoms with Gasteiger partial charge in [0.05, 0.1) is 7.11 Å². The van der Waals surface area contributed by atoms with Crippen LogP contribution in [0, 0.1) is 0 Å². The Bertz CT molecular complexity index is 305. The van der Waals surface area contributed by atoms with Crippen LogP contribution in [0.1, 0.15) is 5.56 Å². The maximum absolute atomic E-state index is 12.0. The van der Waals surface area contributed by atoms with Crippen LogP contribution in [0.25, 0.3) is 0 Å². The summed E-state index contributed by atoms with van der Waals surface area (Å²) in [7, 11) is 1.40. The van der Waals surface area contributed by atoms with E-state index in [9.17, 15) is 8.78 Å². The Hall–Kier alpha value is -0.970. The fourth-order valence-corrected chi connectivity index (χ4v) is 1.20. The number of benzene rings is 1. The van der Waals surface area contributed by atoms with Crippen molar-refractivity contribution in [3.8, 4) is 11.5 Å². The fourth-order valence-electron chi connectivity index (χ4n) is 1.01. The van der Waals surface area contributed by atoms with Crippen LogP contribution in [0.3, 0.4) is 0 Å². The molecule has 0 N–H and O–H groups in total. The van der Waals surface area contributed by atoms with E-state index in [1.807, 2.05) is 0 Å². The summed E-state index contributed by atoms with van der Waals surface area (Å²) in [5, 5.41) is 0. The molecule has 0 aromatic heterocycles. The molecule has 0 amide bonds. The fraction of sp³-hybridized carbons (Fsp3) is 0.333. The molecule has 14 heavy (non-hydrogen) atoms. The molecule has 0 radical (unpaired) electrons. The second-order valence-electron chi connectivity index (χ2n) is 2.52. The number of hydrogen-bond donors (Lipinski definition) is 1. The van der Waals surface area contributed by atoms with Gasteiger partial charge in [-0.1, -0.05) is 6.07 Å². The molecule has 1 aromatic carbocycles. The summed E-state index contributed by atoms with van der Waals surface area (Å²) >= 11 is 4.03. The van der Waals surface area contributed by atoms with Crippen LogP contribution in [0.4, 0.5) is 8.78 Å². The molecule has 0 aliphatic heterocycles. The molecule has 0 aliphatic rings. The molecule has 5 heteroatoms. The Kier molecular flexibility index (Phi) is 4.00. The van der Waals surface area contributed by atoms with Gasteiger partial charge in [-0.15, -0.1) is 0 Å². The predicted molar refractivity (Wildman–Crippen MR) is 52.3 cm³/mol. The lowest BCUT2D eigenvalue weighted by atomic mass is 10.2. The quantitative estimate of drug-likeness (QED) is 0.786. The minimum Gasteiger partial charge on any atom is -0.493 e. The van der Waals surface area contributed by atoms with Gasteiger partial charge in [0, 0.05) is 5.75 Å². The second-order valence-corrected chi connectivity index (χ2v) is 2.84. The van der Waals surface area contributed by atoms with Crippen molar-refractivity contribution >= 4 is 12.6 Å². The van der Waals surface area contributed by atoms with Gasteiger partial charge in [0.25, 0.3) is 0 Å². The molecule has 2 nitrogen and oxygen atoms in total. The van der Waals surface area contributed by atoms with E-state index >= 15 is 0 Å². The first-order valence-electron chi connectivity index (χ1n) is 3.90. The lowest BCUT2D eigenvalue weighted by Crippen LogP contribution is -2.03. The van der Waals surface area contributed by atoms with Crippen molar-refractivity contribution in [2.75, 3.05) is 7.11 Å². The Morgan fingerprint density at radius 3 is 2.57 bits per heavy atom. The third-order valence-corrected chi connectivity index (χ3v) is 1.99. The third-order valence-electron chi connectivity index (χ3n) is 1.63. The first kappa shape index (κ1) is 11.1. The Balaban J connectivity index is 2.96. The highest BCUT2D eigenvalue weighted by molar-refractivity contribution is 7.79. The highest BCUT2D eigenvalue weighted by atomic mass is 32.1. The monoisotopic (exact) mass is 220 g/mol. The summed E-state index contributed by atoms with van der Waals surface area (Å²) in [5.74, 6) is 0.786. The highest BCUT2D eigenvalue weighted by Gasteiger charge is 2.10. The van der Waals surface area contributed by atoms with Crippen molar-refractivity contribution in [3.05, 3.63) is 23.8 Å². The summed E-state index contributed by atoms with van der Waals surface area (Å²) in [6.07, 6.45) is 0. The van der Waals surface area contributed by atoms with E-state index in [4.69, 9.17) is 4.74 Å². The van der Waals surface area contributed by atoms with E-state index in [0.29, 0.717) is 5.75 Å². The first-order chi connectivity index (χ1) is 6.67. The number of halogens is 2. The van der Waals surface area contributed by atoms with Crippen molar-refractivity contribution in [2.24, 2.45) is 0 Å². The zero-order valence-corrected chi connectivity index (χ0v) is 8.43. The van der Waals surface area contributed by atoms with Crippen molar-refractivity contribution in [3.63, 3.8) is 0 Å². The smallest absolute Gasteiger partial charge is 0.387 e. The van der Waals surface area contributed by atoms with E-state index in [-0.39, 0.29) is 11.5 Å². The van der Waals surface area contributed by atoms with Gasteiger partial charge >= 0.3 is 6.61 Å². The van der Waals surface area contributed by atoms with Crippen LogP contribution in [-0.4, -0.2) is 13.7 Å². The number of thiol groups is 1. The number of methoxy groups -OCH3 is 1. The molecular weight excluding hydrogens is 210 g/mol. The predicted octanol–water partition coefficient (Wildman–Crippen LogP) is 2.73. The van der Waals surface area contributed by atoms with Crippen molar-refractivity contribution < 1.29 is 18.3 Å². The lowest BCUT2D eigenvalue weighted by molar-refractivity contribution is -0.0512. The van der Waals surface area contributed by atoms with Crippen LogP contribution in [0.5, 0.6) is 11.5 Å². The third kappa shape index (κ3) is 2.77. The molecule has 0 atom stereocenters. The highest BCUT2D eigenvalue weighted by Crippen LogP contribution is 2.29. The molecule has 0 saturated heterocycles. The number of hydrogen-bond acceptors (Lipinski definition) is 3. The molecule has 0 bridgehead atoms. The average Bonchev–Trinajstić information content (AvgIpc) is 2.16. The van der Waals surface area contributed by atoms with Crippen LogP contribution >= 0.6 is 12.6 Å². The molecule has 0 spiro atoms. The zero-order chi connectivity index (χ0) is 10.6. The molecule has 0 fully saturated rings. The van der Waals surface area contributed by atoms with E-state index in [2.05, 4.69) is 17.4 Å². The van der Waals surface area contributed by atoms with Crippen LogP contribution in [0.2, 0.25) is 0 Å². The van der Waals surface area contributed by atoms with Gasteiger partial charge in [-0.25, -0.2) is 0 Å². The molecular formula is C9H10F2O2S. The molecule has 1 aromatic rings. The van der Waals surface area contributed by atoms with Gasteiger partial charge < -0.3 is 9.47 Å². The zero-order valence-electron chi connectivity index (χ0n) is 7.54. The van der Waals surface area contributed by atoms with Crippen LogP contribution in [-0.2, 0) is 5.75 Å². The molecule has 0 aliphatic carbocycles.